The highest BCUT2D eigenvalue weighted by Crippen LogP contribution is 2.45. The molecule has 3 atom stereocenters. The van der Waals surface area contributed by atoms with Crippen LogP contribution in [-0.4, -0.2) is 63.2 Å². The first-order valence-electron chi connectivity index (χ1n) is 12.5. The molecular weight excluding hydrogens is 404 g/mol. The van der Waals surface area contributed by atoms with Crippen LogP contribution in [0.2, 0.25) is 22.7 Å². The van der Waals surface area contributed by atoms with Gasteiger partial charge >= 0.3 is 5.97 Å². The second-order valence-corrected chi connectivity index (χ2v) is 17.2. The molecule has 0 aliphatic carbocycles. The molecule has 0 aromatic rings. The highest BCUT2D eigenvalue weighted by Gasteiger charge is 2.41. The Bertz CT molecular complexity index is 555. The van der Waals surface area contributed by atoms with E-state index in [9.17, 15) is 9.59 Å². The Morgan fingerprint density at radius 3 is 1.87 bits per heavy atom. The van der Waals surface area contributed by atoms with Crippen LogP contribution in [0.5, 0.6) is 0 Å². The summed E-state index contributed by atoms with van der Waals surface area (Å²) in [5.74, 6) is -0.102. The van der Waals surface area contributed by atoms with Gasteiger partial charge in [0.05, 0.1) is 26.8 Å². The molecule has 0 radical (unpaired) electrons. The molecule has 0 saturated carbocycles. The number of nitrogens with zero attached hydrogens (tertiary/aromatic N) is 2. The third-order valence-corrected chi connectivity index (χ3v) is 15.6. The summed E-state index contributed by atoms with van der Waals surface area (Å²) in [6, 6.07) is 1.22. The number of carbonyl (C=O) groups excluding carboxylic acids is 2. The number of hydrogen-bond donors (Lipinski definition) is 0. The monoisotopic (exact) mass is 454 g/mol. The minimum absolute atomic E-state index is 0.0484. The molecule has 1 aliphatic heterocycles. The van der Waals surface area contributed by atoms with Gasteiger partial charge in [-0.15, -0.1) is 0 Å². The molecular formula is C25H50N2O3Si. The highest BCUT2D eigenvalue weighted by molar-refractivity contribution is 6.83. The summed E-state index contributed by atoms with van der Waals surface area (Å²) in [7, 11) is 2.60. The third kappa shape index (κ3) is 7.05. The van der Waals surface area contributed by atoms with E-state index in [1.54, 1.807) is 0 Å². The summed E-state index contributed by atoms with van der Waals surface area (Å²) in [5, 5.41) is 0. The molecule has 0 bridgehead atoms. The number of likely N-dealkylation sites (tertiary alicyclic amines) is 1. The molecule has 1 rings (SSSR count). The fraction of sp³-hybridized carbons (Fsp3) is 0.920. The Balaban J connectivity index is 2.41. The largest absolute Gasteiger partial charge is 0.465 e. The van der Waals surface area contributed by atoms with Crippen molar-refractivity contribution in [3.05, 3.63) is 0 Å². The topological polar surface area (TPSA) is 49.9 Å². The molecule has 1 heterocycles. The van der Waals surface area contributed by atoms with Crippen LogP contribution in [0, 0.1) is 11.8 Å². The van der Waals surface area contributed by atoms with Gasteiger partial charge in [-0.25, -0.2) is 0 Å². The Labute approximate surface area is 193 Å². The van der Waals surface area contributed by atoms with Crippen LogP contribution in [0.3, 0.4) is 0 Å². The van der Waals surface area contributed by atoms with E-state index in [0.717, 1.165) is 42.4 Å². The molecule has 0 aromatic carbocycles. The van der Waals surface area contributed by atoms with E-state index in [0.29, 0.717) is 13.0 Å². The summed E-state index contributed by atoms with van der Waals surface area (Å²) < 4.78 is 5.64. The first-order valence-corrected chi connectivity index (χ1v) is 14.9. The number of carbonyl (C=O) groups is 2. The van der Waals surface area contributed by atoms with Crippen molar-refractivity contribution in [1.82, 2.24) is 9.80 Å². The van der Waals surface area contributed by atoms with E-state index in [1.165, 1.54) is 6.04 Å². The maximum absolute atomic E-state index is 12.7. The molecule has 1 amide bonds. The van der Waals surface area contributed by atoms with Crippen LogP contribution in [0.1, 0.15) is 81.1 Å². The third-order valence-electron chi connectivity index (χ3n) is 7.95. The second kappa shape index (κ2) is 12.4. The van der Waals surface area contributed by atoms with Gasteiger partial charge in [0.1, 0.15) is 0 Å². The van der Waals surface area contributed by atoms with Crippen LogP contribution < -0.4 is 0 Å². The van der Waals surface area contributed by atoms with Crippen molar-refractivity contribution < 1.29 is 14.3 Å². The van der Waals surface area contributed by atoms with Crippen LogP contribution in [0.4, 0.5) is 0 Å². The number of esters is 1. The lowest BCUT2D eigenvalue weighted by Gasteiger charge is -2.45. The van der Waals surface area contributed by atoms with Crippen LogP contribution in [0.15, 0.2) is 0 Å². The van der Waals surface area contributed by atoms with E-state index in [1.807, 2.05) is 32.8 Å². The van der Waals surface area contributed by atoms with Gasteiger partial charge in [-0.3, -0.25) is 14.5 Å². The normalized spacial score (nSPS) is 19.2. The molecule has 0 spiro atoms. The fourth-order valence-electron chi connectivity index (χ4n) is 5.75. The fourth-order valence-corrected chi connectivity index (χ4v) is 12.2. The lowest BCUT2D eigenvalue weighted by molar-refractivity contribution is -0.151. The summed E-state index contributed by atoms with van der Waals surface area (Å²) in [4.78, 5) is 29.2. The molecule has 31 heavy (non-hydrogen) atoms. The smallest absolute Gasteiger partial charge is 0.308 e. The highest BCUT2D eigenvalue weighted by atomic mass is 28.3. The lowest BCUT2D eigenvalue weighted by atomic mass is 9.95. The van der Waals surface area contributed by atoms with Crippen molar-refractivity contribution in [2.75, 3.05) is 27.2 Å². The van der Waals surface area contributed by atoms with Crippen molar-refractivity contribution >= 4 is 20.0 Å². The second-order valence-electron chi connectivity index (χ2n) is 11.0. The van der Waals surface area contributed by atoms with Gasteiger partial charge in [0.2, 0.25) is 5.91 Å². The van der Waals surface area contributed by atoms with Gasteiger partial charge in [0.25, 0.3) is 0 Å². The SMILES string of the molecule is CC(CCC(C)C(=O)N1CCC1N(C)C)C(=O)OCCC[Si](C(C)C)(C(C)C)C(C)C. The van der Waals surface area contributed by atoms with Crippen molar-refractivity contribution in [3.63, 3.8) is 0 Å². The van der Waals surface area contributed by atoms with Crippen LogP contribution in [-0.2, 0) is 14.3 Å². The van der Waals surface area contributed by atoms with E-state index in [-0.39, 0.29) is 29.9 Å². The van der Waals surface area contributed by atoms with Crippen molar-refractivity contribution in [1.29, 1.82) is 0 Å². The Morgan fingerprint density at radius 2 is 1.45 bits per heavy atom. The number of ether oxygens (including phenoxy) is 1. The molecule has 1 fully saturated rings. The zero-order valence-electron chi connectivity index (χ0n) is 22.0. The average molecular weight is 455 g/mol. The van der Waals surface area contributed by atoms with E-state index in [2.05, 4.69) is 46.4 Å². The molecule has 0 N–H and O–H groups in total. The van der Waals surface area contributed by atoms with Gasteiger partial charge in [0, 0.05) is 12.5 Å². The van der Waals surface area contributed by atoms with Gasteiger partial charge in [0.15, 0.2) is 0 Å². The van der Waals surface area contributed by atoms with Gasteiger partial charge in [-0.2, -0.15) is 0 Å². The van der Waals surface area contributed by atoms with Gasteiger partial charge in [-0.05, 0) is 39.8 Å². The molecule has 3 unspecified atom stereocenters. The zero-order chi connectivity index (χ0) is 23.9. The number of amides is 1. The maximum atomic E-state index is 12.7. The minimum atomic E-state index is -1.43. The van der Waals surface area contributed by atoms with Crippen LogP contribution in [0.25, 0.3) is 0 Å². The van der Waals surface area contributed by atoms with Crippen molar-refractivity contribution in [2.45, 2.75) is 110 Å². The van der Waals surface area contributed by atoms with E-state index < -0.39 is 8.07 Å². The molecule has 1 saturated heterocycles. The first-order chi connectivity index (χ1) is 14.4. The van der Waals surface area contributed by atoms with Gasteiger partial charge < -0.3 is 9.64 Å². The first kappa shape index (κ1) is 28.2. The van der Waals surface area contributed by atoms with E-state index in [4.69, 9.17) is 4.74 Å². The molecule has 1 aliphatic rings. The molecule has 182 valence electrons. The lowest BCUT2D eigenvalue weighted by Crippen LogP contribution is -2.58. The summed E-state index contributed by atoms with van der Waals surface area (Å²) in [5.41, 5.74) is 2.21. The summed E-state index contributed by atoms with van der Waals surface area (Å²) >= 11 is 0. The van der Waals surface area contributed by atoms with Crippen molar-refractivity contribution in [2.24, 2.45) is 11.8 Å². The molecule has 0 aromatic heterocycles. The van der Waals surface area contributed by atoms with E-state index >= 15 is 0 Å². The Kier molecular flexibility index (Phi) is 11.2. The number of hydrogen-bond acceptors (Lipinski definition) is 4. The Morgan fingerprint density at radius 1 is 0.935 bits per heavy atom. The van der Waals surface area contributed by atoms with Crippen molar-refractivity contribution in [3.8, 4) is 0 Å². The average Bonchev–Trinajstić information content (AvgIpc) is 2.63. The zero-order valence-corrected chi connectivity index (χ0v) is 23.0. The Hall–Kier alpha value is -0.883. The number of rotatable bonds is 13. The van der Waals surface area contributed by atoms with Gasteiger partial charge in [-0.1, -0.05) is 78.1 Å². The molecule has 6 heteroatoms. The molecule has 5 nitrogen and oxygen atoms in total. The predicted molar refractivity (Wildman–Crippen MR) is 133 cm³/mol. The summed E-state index contributed by atoms with van der Waals surface area (Å²) in [6.07, 6.45) is 3.68. The maximum Gasteiger partial charge on any atom is 0.308 e. The van der Waals surface area contributed by atoms with Crippen LogP contribution >= 0.6 is 0 Å². The minimum Gasteiger partial charge on any atom is -0.465 e. The predicted octanol–water partition coefficient (Wildman–Crippen LogP) is 5.77. The summed E-state index contributed by atoms with van der Waals surface area (Å²) in [6.45, 7) is 19.6. The quantitative estimate of drug-likeness (QED) is 0.201. The standard InChI is InChI=1S/C25H50N2O3Si/c1-18(2)31(19(3)4,20(5)6)17-11-16-30-25(29)22(8)13-12-21(7)24(28)27-15-14-23(27)26(9)10/h18-23H,11-17H2,1-10H3.